The highest BCUT2D eigenvalue weighted by atomic mass is 16.5. The summed E-state index contributed by atoms with van der Waals surface area (Å²) in [5, 5.41) is 10.3. The van der Waals surface area contributed by atoms with Gasteiger partial charge in [-0.3, -0.25) is 9.69 Å². The number of amides is 1. The lowest BCUT2D eigenvalue weighted by molar-refractivity contribution is -0.118. The average Bonchev–Trinajstić information content (AvgIpc) is 3.21. The largest absolute Gasteiger partial charge is 0.360 e. The van der Waals surface area contributed by atoms with E-state index in [1.165, 1.54) is 0 Å². The van der Waals surface area contributed by atoms with Crippen LogP contribution in [-0.4, -0.2) is 55.7 Å². The number of rotatable bonds is 5. The standard InChI is InChI=1S/C15H15N7O3/c1-9-5-11(20-24-9)18-12(23)8-22-6-10(7-22)15-19-14(21-25-15)13-16-3-2-4-17-13/h2-5,10H,6-8H2,1H3,(H,18,20,23). The summed E-state index contributed by atoms with van der Waals surface area (Å²) in [6.07, 6.45) is 3.25. The fraction of sp³-hybridized carbons (Fsp3) is 0.333. The molecule has 0 bridgehead atoms. The molecule has 0 unspecified atom stereocenters. The number of anilines is 1. The zero-order valence-corrected chi connectivity index (χ0v) is 13.4. The van der Waals surface area contributed by atoms with Crippen LogP contribution in [0, 0.1) is 6.92 Å². The number of nitrogens with one attached hydrogen (secondary N) is 1. The summed E-state index contributed by atoms with van der Waals surface area (Å²) in [6.45, 7) is 3.37. The maximum absolute atomic E-state index is 12.0. The molecule has 3 aromatic rings. The molecule has 4 heterocycles. The first-order valence-electron chi connectivity index (χ1n) is 7.74. The van der Waals surface area contributed by atoms with Gasteiger partial charge in [0.05, 0.1) is 12.5 Å². The number of aromatic nitrogens is 5. The summed E-state index contributed by atoms with van der Waals surface area (Å²) < 4.78 is 10.2. The minimum absolute atomic E-state index is 0.104. The molecular weight excluding hydrogens is 326 g/mol. The molecule has 0 spiro atoms. The van der Waals surface area contributed by atoms with Gasteiger partial charge in [0, 0.05) is 31.5 Å². The normalized spacial score (nSPS) is 15.1. The van der Waals surface area contributed by atoms with E-state index in [9.17, 15) is 4.79 Å². The van der Waals surface area contributed by atoms with Crippen LogP contribution < -0.4 is 5.32 Å². The van der Waals surface area contributed by atoms with Crippen LogP contribution in [0.5, 0.6) is 0 Å². The van der Waals surface area contributed by atoms with Crippen molar-refractivity contribution in [1.29, 1.82) is 0 Å². The van der Waals surface area contributed by atoms with Crippen molar-refractivity contribution >= 4 is 11.7 Å². The maximum Gasteiger partial charge on any atom is 0.240 e. The lowest BCUT2D eigenvalue weighted by Crippen LogP contribution is -2.48. The van der Waals surface area contributed by atoms with Gasteiger partial charge in [-0.15, -0.1) is 0 Å². The van der Waals surface area contributed by atoms with Gasteiger partial charge in [0.25, 0.3) is 0 Å². The van der Waals surface area contributed by atoms with E-state index in [1.54, 1.807) is 31.5 Å². The first kappa shape index (κ1) is 15.4. The first-order valence-corrected chi connectivity index (χ1v) is 7.74. The minimum Gasteiger partial charge on any atom is -0.360 e. The number of hydrogen-bond acceptors (Lipinski definition) is 9. The highest BCUT2D eigenvalue weighted by Crippen LogP contribution is 2.26. The van der Waals surface area contributed by atoms with E-state index >= 15 is 0 Å². The lowest BCUT2D eigenvalue weighted by atomic mass is 10.0. The molecule has 4 rings (SSSR count). The predicted octanol–water partition coefficient (Wildman–Crippen LogP) is 0.861. The maximum atomic E-state index is 12.0. The molecule has 0 aromatic carbocycles. The Morgan fingerprint density at radius 1 is 1.24 bits per heavy atom. The molecule has 1 saturated heterocycles. The van der Waals surface area contributed by atoms with Crippen molar-refractivity contribution in [1.82, 2.24) is 30.2 Å². The fourth-order valence-electron chi connectivity index (χ4n) is 2.57. The summed E-state index contributed by atoms with van der Waals surface area (Å²) in [5.74, 6) is 2.36. The van der Waals surface area contributed by atoms with E-state index in [0.717, 1.165) is 0 Å². The quantitative estimate of drug-likeness (QED) is 0.719. The average molecular weight is 341 g/mol. The summed E-state index contributed by atoms with van der Waals surface area (Å²) in [6, 6.07) is 3.39. The van der Waals surface area contributed by atoms with Crippen LogP contribution >= 0.6 is 0 Å². The zero-order chi connectivity index (χ0) is 17.2. The highest BCUT2D eigenvalue weighted by Gasteiger charge is 2.34. The van der Waals surface area contributed by atoms with E-state index in [4.69, 9.17) is 9.05 Å². The van der Waals surface area contributed by atoms with Gasteiger partial charge in [0.15, 0.2) is 5.82 Å². The van der Waals surface area contributed by atoms with Gasteiger partial charge in [-0.2, -0.15) is 4.98 Å². The number of nitrogens with zero attached hydrogens (tertiary/aromatic N) is 6. The van der Waals surface area contributed by atoms with Crippen molar-refractivity contribution in [3.63, 3.8) is 0 Å². The van der Waals surface area contributed by atoms with E-state index in [1.807, 2.05) is 4.90 Å². The molecule has 3 aromatic heterocycles. The SMILES string of the molecule is Cc1cc(NC(=O)CN2CC(c3nc(-c4ncccn4)no3)C2)no1. The van der Waals surface area contributed by atoms with Crippen LogP contribution in [0.15, 0.2) is 33.6 Å². The Bertz CT molecular complexity index is 870. The van der Waals surface area contributed by atoms with Crippen LogP contribution in [-0.2, 0) is 4.79 Å². The lowest BCUT2D eigenvalue weighted by Gasteiger charge is -2.36. The molecule has 1 aliphatic heterocycles. The Morgan fingerprint density at radius 2 is 2.04 bits per heavy atom. The molecule has 1 N–H and O–H groups in total. The van der Waals surface area contributed by atoms with E-state index in [-0.39, 0.29) is 18.4 Å². The van der Waals surface area contributed by atoms with Gasteiger partial charge in [-0.05, 0) is 13.0 Å². The van der Waals surface area contributed by atoms with Gasteiger partial charge in [-0.25, -0.2) is 9.97 Å². The van der Waals surface area contributed by atoms with Crippen molar-refractivity contribution in [3.05, 3.63) is 36.2 Å². The van der Waals surface area contributed by atoms with Crippen LogP contribution in [0.3, 0.4) is 0 Å². The number of aryl methyl sites for hydroxylation is 1. The highest BCUT2D eigenvalue weighted by molar-refractivity contribution is 5.91. The zero-order valence-electron chi connectivity index (χ0n) is 13.4. The molecule has 1 amide bonds. The minimum atomic E-state index is -0.143. The van der Waals surface area contributed by atoms with Crippen molar-refractivity contribution in [2.24, 2.45) is 0 Å². The summed E-state index contributed by atoms with van der Waals surface area (Å²) in [5.41, 5.74) is 0. The van der Waals surface area contributed by atoms with Gasteiger partial charge in [0.1, 0.15) is 5.76 Å². The molecule has 10 nitrogen and oxygen atoms in total. The Hall–Kier alpha value is -3.14. The van der Waals surface area contributed by atoms with Gasteiger partial charge in [-0.1, -0.05) is 10.3 Å². The van der Waals surface area contributed by atoms with Crippen molar-refractivity contribution < 1.29 is 13.8 Å². The van der Waals surface area contributed by atoms with Gasteiger partial charge in [0.2, 0.25) is 23.4 Å². The molecular formula is C15H15N7O3. The van der Waals surface area contributed by atoms with Crippen LogP contribution in [0.1, 0.15) is 17.6 Å². The first-order chi connectivity index (χ1) is 12.2. The van der Waals surface area contributed by atoms with Crippen LogP contribution in [0.4, 0.5) is 5.82 Å². The molecule has 0 aliphatic carbocycles. The third kappa shape index (κ3) is 3.38. The monoisotopic (exact) mass is 341 g/mol. The van der Waals surface area contributed by atoms with E-state index in [2.05, 4.69) is 30.6 Å². The molecule has 1 aliphatic rings. The number of carbonyl (C=O) groups is 1. The van der Waals surface area contributed by atoms with Gasteiger partial charge >= 0.3 is 0 Å². The second-order valence-electron chi connectivity index (χ2n) is 5.79. The van der Waals surface area contributed by atoms with Crippen molar-refractivity contribution in [3.8, 4) is 11.6 Å². The van der Waals surface area contributed by atoms with Gasteiger partial charge < -0.3 is 14.4 Å². The Kier molecular flexibility index (Phi) is 3.94. The van der Waals surface area contributed by atoms with Crippen molar-refractivity contribution in [2.75, 3.05) is 25.0 Å². The number of carbonyl (C=O) groups excluding carboxylic acids is 1. The number of likely N-dealkylation sites (tertiary alicyclic amines) is 1. The smallest absolute Gasteiger partial charge is 0.240 e. The molecule has 0 atom stereocenters. The topological polar surface area (TPSA) is 123 Å². The van der Waals surface area contributed by atoms with Crippen molar-refractivity contribution in [2.45, 2.75) is 12.8 Å². The third-order valence-electron chi connectivity index (χ3n) is 3.78. The Labute approximate surface area is 142 Å². The Balaban J connectivity index is 1.29. The van der Waals surface area contributed by atoms with Crippen LogP contribution in [0.2, 0.25) is 0 Å². The Morgan fingerprint density at radius 3 is 2.76 bits per heavy atom. The number of hydrogen-bond donors (Lipinski definition) is 1. The predicted molar refractivity (Wildman–Crippen MR) is 84.4 cm³/mol. The van der Waals surface area contributed by atoms with E-state index in [0.29, 0.717) is 42.2 Å². The molecule has 10 heteroatoms. The van der Waals surface area contributed by atoms with E-state index < -0.39 is 0 Å². The van der Waals surface area contributed by atoms with Crippen LogP contribution in [0.25, 0.3) is 11.6 Å². The summed E-state index contributed by atoms with van der Waals surface area (Å²) >= 11 is 0. The second kappa shape index (κ2) is 6.40. The molecule has 25 heavy (non-hydrogen) atoms. The summed E-state index contributed by atoms with van der Waals surface area (Å²) in [4.78, 5) is 26.4. The second-order valence-corrected chi connectivity index (χ2v) is 5.79. The molecule has 0 radical (unpaired) electrons. The fourth-order valence-corrected chi connectivity index (χ4v) is 2.57. The molecule has 1 fully saturated rings. The summed E-state index contributed by atoms with van der Waals surface area (Å²) in [7, 11) is 0. The molecule has 0 saturated carbocycles. The third-order valence-corrected chi connectivity index (χ3v) is 3.78. The molecule has 128 valence electrons.